The highest BCUT2D eigenvalue weighted by Gasteiger charge is 2.08. The fourth-order valence-electron chi connectivity index (χ4n) is 2.51. The highest BCUT2D eigenvalue weighted by atomic mass is 35.5. The molecule has 29 heavy (non-hydrogen) atoms. The largest absolute Gasteiger partial charge is 0.494 e. The van der Waals surface area contributed by atoms with Crippen molar-refractivity contribution in [1.82, 2.24) is 10.9 Å². The van der Waals surface area contributed by atoms with Crippen molar-refractivity contribution in [2.75, 3.05) is 13.2 Å². The van der Waals surface area contributed by atoms with E-state index in [9.17, 15) is 9.59 Å². The molecule has 0 aliphatic rings. The average Bonchev–Trinajstić information content (AvgIpc) is 2.74. The molecule has 0 aromatic heterocycles. The molecule has 2 amide bonds. The van der Waals surface area contributed by atoms with Crippen molar-refractivity contribution in [3.63, 3.8) is 0 Å². The van der Waals surface area contributed by atoms with Crippen LogP contribution >= 0.6 is 11.6 Å². The van der Waals surface area contributed by atoms with Crippen molar-refractivity contribution in [3.05, 3.63) is 59.1 Å². The number of rotatable bonds is 11. The molecule has 0 aliphatic carbocycles. The predicted molar refractivity (Wildman–Crippen MR) is 113 cm³/mol. The smallest absolute Gasteiger partial charge is 0.276 e. The number of hydrogen-bond acceptors (Lipinski definition) is 4. The van der Waals surface area contributed by atoms with E-state index < -0.39 is 11.8 Å². The summed E-state index contributed by atoms with van der Waals surface area (Å²) in [5.74, 6) is 0.335. The van der Waals surface area contributed by atoms with Crippen LogP contribution in [0.5, 0.6) is 11.5 Å². The molecule has 0 radical (unpaired) electrons. The molecule has 6 nitrogen and oxygen atoms in total. The van der Waals surface area contributed by atoms with Gasteiger partial charge < -0.3 is 9.47 Å². The number of halogens is 1. The molecule has 0 saturated heterocycles. The monoisotopic (exact) mass is 418 g/mol. The van der Waals surface area contributed by atoms with E-state index in [0.717, 1.165) is 18.6 Å². The minimum absolute atomic E-state index is 0.229. The topological polar surface area (TPSA) is 76.7 Å². The van der Waals surface area contributed by atoms with Gasteiger partial charge in [-0.05, 0) is 55.0 Å². The Balaban J connectivity index is 1.66. The number of carbonyl (C=O) groups excluding carboxylic acids is 2. The normalized spacial score (nSPS) is 10.3. The van der Waals surface area contributed by atoms with Gasteiger partial charge in [-0.1, -0.05) is 44.2 Å². The van der Waals surface area contributed by atoms with Gasteiger partial charge >= 0.3 is 0 Å². The lowest BCUT2D eigenvalue weighted by Gasteiger charge is -2.10. The molecule has 0 fully saturated rings. The minimum atomic E-state index is -0.476. The van der Waals surface area contributed by atoms with Crippen LogP contribution in [-0.2, 0) is 4.79 Å². The standard InChI is InChI=1S/C22H27ClN2O4/c1-2-3-4-5-6-15-28-19-11-7-17(8-12-19)22(27)25-24-21(26)16-29-20-13-9-18(23)10-14-20/h7-14H,2-6,15-16H2,1H3,(H,24,26)(H,25,27). The second kappa shape index (κ2) is 12.7. The van der Waals surface area contributed by atoms with E-state index in [1.54, 1.807) is 48.5 Å². The number of amides is 2. The van der Waals surface area contributed by atoms with E-state index in [1.165, 1.54) is 19.3 Å². The highest BCUT2D eigenvalue weighted by molar-refractivity contribution is 6.30. The zero-order valence-corrected chi connectivity index (χ0v) is 17.3. The first-order valence-electron chi connectivity index (χ1n) is 9.79. The Kier molecular flexibility index (Phi) is 9.86. The Hall–Kier alpha value is -2.73. The Morgan fingerprint density at radius 3 is 2.14 bits per heavy atom. The molecule has 2 N–H and O–H groups in total. The van der Waals surface area contributed by atoms with Gasteiger partial charge in [0.25, 0.3) is 11.8 Å². The van der Waals surface area contributed by atoms with Crippen molar-refractivity contribution in [1.29, 1.82) is 0 Å². The lowest BCUT2D eigenvalue weighted by Crippen LogP contribution is -2.43. The molecule has 7 heteroatoms. The molecular weight excluding hydrogens is 392 g/mol. The number of unbranched alkanes of at least 4 members (excludes halogenated alkanes) is 4. The minimum Gasteiger partial charge on any atom is -0.494 e. The van der Waals surface area contributed by atoms with Gasteiger partial charge in [-0.15, -0.1) is 0 Å². The molecule has 2 aromatic rings. The molecule has 0 atom stereocenters. The van der Waals surface area contributed by atoms with Gasteiger partial charge in [-0.3, -0.25) is 20.4 Å². The van der Waals surface area contributed by atoms with Crippen LogP contribution in [0.15, 0.2) is 48.5 Å². The van der Waals surface area contributed by atoms with Crippen molar-refractivity contribution in [3.8, 4) is 11.5 Å². The third-order valence-corrected chi connectivity index (χ3v) is 4.38. The molecule has 0 saturated carbocycles. The van der Waals surface area contributed by atoms with E-state index in [0.29, 0.717) is 22.9 Å². The van der Waals surface area contributed by atoms with Crippen molar-refractivity contribution in [2.45, 2.75) is 39.0 Å². The molecule has 2 rings (SSSR count). The second-order valence-corrected chi connectivity index (χ2v) is 6.97. The second-order valence-electron chi connectivity index (χ2n) is 6.53. The SMILES string of the molecule is CCCCCCCOc1ccc(C(=O)NNC(=O)COc2ccc(Cl)cc2)cc1. The quantitative estimate of drug-likeness (QED) is 0.415. The summed E-state index contributed by atoms with van der Waals surface area (Å²) in [4.78, 5) is 23.9. The molecular formula is C22H27ClN2O4. The zero-order valence-electron chi connectivity index (χ0n) is 16.6. The third kappa shape index (κ3) is 8.87. The van der Waals surface area contributed by atoms with E-state index in [1.807, 2.05) is 0 Å². The lowest BCUT2D eigenvalue weighted by molar-refractivity contribution is -0.123. The summed E-state index contributed by atoms with van der Waals surface area (Å²) in [6.45, 7) is 2.63. The first kappa shape index (κ1) is 22.6. The van der Waals surface area contributed by atoms with Gasteiger partial charge in [-0.25, -0.2) is 0 Å². The van der Waals surface area contributed by atoms with Gasteiger partial charge in [0.1, 0.15) is 11.5 Å². The van der Waals surface area contributed by atoms with Crippen LogP contribution in [0.1, 0.15) is 49.4 Å². The van der Waals surface area contributed by atoms with Crippen LogP contribution in [0.4, 0.5) is 0 Å². The zero-order chi connectivity index (χ0) is 20.9. The van der Waals surface area contributed by atoms with Crippen molar-refractivity contribution < 1.29 is 19.1 Å². The van der Waals surface area contributed by atoms with Crippen molar-refractivity contribution >= 4 is 23.4 Å². The summed E-state index contributed by atoms with van der Waals surface area (Å²) in [7, 11) is 0. The van der Waals surface area contributed by atoms with E-state index >= 15 is 0 Å². The predicted octanol–water partition coefficient (Wildman–Crippen LogP) is 4.53. The summed E-state index contributed by atoms with van der Waals surface area (Å²) in [6, 6.07) is 13.4. The summed E-state index contributed by atoms with van der Waals surface area (Å²) in [6.07, 6.45) is 5.89. The first-order chi connectivity index (χ1) is 14.1. The van der Waals surface area contributed by atoms with Gasteiger partial charge in [0.05, 0.1) is 6.61 Å². The van der Waals surface area contributed by atoms with Crippen LogP contribution in [0.25, 0.3) is 0 Å². The summed E-state index contributed by atoms with van der Waals surface area (Å²) in [5.41, 5.74) is 5.09. The number of carbonyl (C=O) groups is 2. The maximum Gasteiger partial charge on any atom is 0.276 e. The lowest BCUT2D eigenvalue weighted by atomic mass is 10.2. The maximum absolute atomic E-state index is 12.1. The number of ether oxygens (including phenoxy) is 2. The van der Waals surface area contributed by atoms with Crippen LogP contribution in [0, 0.1) is 0 Å². The van der Waals surface area contributed by atoms with Crippen LogP contribution in [-0.4, -0.2) is 25.0 Å². The highest BCUT2D eigenvalue weighted by Crippen LogP contribution is 2.15. The summed E-state index contributed by atoms with van der Waals surface area (Å²) >= 11 is 5.78. The molecule has 0 unspecified atom stereocenters. The Morgan fingerprint density at radius 1 is 0.828 bits per heavy atom. The number of hydrogen-bond donors (Lipinski definition) is 2. The summed E-state index contributed by atoms with van der Waals surface area (Å²) in [5, 5.41) is 0.581. The third-order valence-electron chi connectivity index (χ3n) is 4.13. The Labute approximate surface area is 176 Å². The average molecular weight is 419 g/mol. The van der Waals surface area contributed by atoms with Crippen molar-refractivity contribution in [2.24, 2.45) is 0 Å². The fraction of sp³-hybridized carbons (Fsp3) is 0.364. The number of benzene rings is 2. The van der Waals surface area contributed by atoms with E-state index in [-0.39, 0.29) is 6.61 Å². The molecule has 0 spiro atoms. The van der Waals surface area contributed by atoms with Gasteiger partial charge in [0.15, 0.2) is 6.61 Å². The van der Waals surface area contributed by atoms with Gasteiger partial charge in [-0.2, -0.15) is 0 Å². The van der Waals surface area contributed by atoms with Crippen LogP contribution in [0.3, 0.4) is 0 Å². The van der Waals surface area contributed by atoms with Gasteiger partial charge in [0, 0.05) is 10.6 Å². The maximum atomic E-state index is 12.1. The summed E-state index contributed by atoms with van der Waals surface area (Å²) < 4.78 is 11.0. The fourth-order valence-corrected chi connectivity index (χ4v) is 2.64. The molecule has 2 aromatic carbocycles. The molecule has 0 bridgehead atoms. The van der Waals surface area contributed by atoms with Gasteiger partial charge in [0.2, 0.25) is 0 Å². The first-order valence-corrected chi connectivity index (χ1v) is 10.2. The van der Waals surface area contributed by atoms with Crippen LogP contribution in [0.2, 0.25) is 5.02 Å². The molecule has 0 heterocycles. The van der Waals surface area contributed by atoms with E-state index in [4.69, 9.17) is 21.1 Å². The number of hydrazine groups is 1. The molecule has 0 aliphatic heterocycles. The molecule has 156 valence electrons. The Bertz CT molecular complexity index is 763. The van der Waals surface area contributed by atoms with E-state index in [2.05, 4.69) is 17.8 Å². The Morgan fingerprint density at radius 2 is 1.45 bits per heavy atom. The van der Waals surface area contributed by atoms with Crippen LogP contribution < -0.4 is 20.3 Å². The number of nitrogens with one attached hydrogen (secondary N) is 2.